The number of nitrogens with one attached hydrogen (secondary N) is 1. The van der Waals surface area contributed by atoms with Gasteiger partial charge in [0, 0.05) is 26.8 Å². The topological polar surface area (TPSA) is 56.0 Å². The Morgan fingerprint density at radius 1 is 1.25 bits per heavy atom. The number of anilines is 1. The number of aryl methyl sites for hydroxylation is 2. The fraction of sp³-hybridized carbons (Fsp3) is 0.286. The van der Waals surface area contributed by atoms with E-state index in [4.69, 9.17) is 0 Å². The maximum absolute atomic E-state index is 13.6. The highest BCUT2D eigenvalue weighted by Gasteiger charge is 2.08. The van der Waals surface area contributed by atoms with Crippen LogP contribution in [-0.4, -0.2) is 9.13 Å². The van der Waals surface area contributed by atoms with Crippen LogP contribution >= 0.6 is 0 Å². The van der Waals surface area contributed by atoms with Gasteiger partial charge in [-0.15, -0.1) is 0 Å². The number of halogens is 1. The monoisotopic (exact) mass is 277 g/mol. The summed E-state index contributed by atoms with van der Waals surface area (Å²) in [6.07, 6.45) is 1.46. The van der Waals surface area contributed by atoms with Gasteiger partial charge in [0.15, 0.2) is 0 Å². The second kappa shape index (κ2) is 5.32. The van der Waals surface area contributed by atoms with E-state index < -0.39 is 0 Å². The molecule has 2 rings (SSSR count). The summed E-state index contributed by atoms with van der Waals surface area (Å²) in [5.74, 6) is -0.378. The van der Waals surface area contributed by atoms with E-state index >= 15 is 0 Å². The Labute approximate surface area is 115 Å². The molecule has 1 aromatic heterocycles. The third-order valence-corrected chi connectivity index (χ3v) is 3.11. The van der Waals surface area contributed by atoms with Crippen LogP contribution in [-0.2, 0) is 20.6 Å². The van der Waals surface area contributed by atoms with Crippen molar-refractivity contribution in [3.63, 3.8) is 0 Å². The van der Waals surface area contributed by atoms with Gasteiger partial charge in [0.05, 0.1) is 11.3 Å². The predicted octanol–water partition coefficient (Wildman–Crippen LogP) is 1.14. The highest BCUT2D eigenvalue weighted by atomic mass is 19.1. The molecule has 0 aliphatic heterocycles. The zero-order valence-corrected chi connectivity index (χ0v) is 11.6. The Morgan fingerprint density at radius 2 is 1.95 bits per heavy atom. The second-order valence-electron chi connectivity index (χ2n) is 4.75. The molecule has 1 aromatic carbocycles. The minimum absolute atomic E-state index is 0.154. The number of rotatable bonds is 3. The number of aromatic nitrogens is 2. The van der Waals surface area contributed by atoms with E-state index in [0.29, 0.717) is 11.3 Å². The van der Waals surface area contributed by atoms with Gasteiger partial charge in [-0.25, -0.2) is 9.18 Å². The molecule has 0 aliphatic rings. The Balaban J connectivity index is 2.30. The standard InChI is InChI=1S/C14H16FN3O2/c1-9-4-5-11(15)12(6-9)16-7-10-8-17(2)14(20)18(3)13(10)19/h4-6,8,16H,7H2,1-3H3. The fourth-order valence-corrected chi connectivity index (χ4v) is 1.97. The smallest absolute Gasteiger partial charge is 0.330 e. The summed E-state index contributed by atoms with van der Waals surface area (Å²) in [4.78, 5) is 23.5. The maximum Gasteiger partial charge on any atom is 0.330 e. The third-order valence-electron chi connectivity index (χ3n) is 3.11. The van der Waals surface area contributed by atoms with Gasteiger partial charge in [-0.05, 0) is 24.6 Å². The second-order valence-corrected chi connectivity index (χ2v) is 4.75. The third kappa shape index (κ3) is 2.64. The van der Waals surface area contributed by atoms with Gasteiger partial charge in [-0.3, -0.25) is 9.36 Å². The first-order valence-corrected chi connectivity index (χ1v) is 6.15. The van der Waals surface area contributed by atoms with Crippen LogP contribution in [0.15, 0.2) is 34.0 Å². The molecule has 0 fully saturated rings. The van der Waals surface area contributed by atoms with Gasteiger partial charge >= 0.3 is 5.69 Å². The Bertz CT molecular complexity index is 762. The first-order chi connectivity index (χ1) is 9.40. The molecular weight excluding hydrogens is 261 g/mol. The molecule has 2 aromatic rings. The SMILES string of the molecule is Cc1ccc(F)c(NCc2cn(C)c(=O)n(C)c2=O)c1. The lowest BCUT2D eigenvalue weighted by Gasteiger charge is -2.10. The Hall–Kier alpha value is -2.37. The van der Waals surface area contributed by atoms with Crippen LogP contribution in [0.4, 0.5) is 10.1 Å². The van der Waals surface area contributed by atoms with Gasteiger partial charge in [0.25, 0.3) is 5.56 Å². The van der Waals surface area contributed by atoms with E-state index in [1.54, 1.807) is 19.2 Å². The normalized spacial score (nSPS) is 10.6. The van der Waals surface area contributed by atoms with Crippen molar-refractivity contribution in [2.45, 2.75) is 13.5 Å². The fourth-order valence-electron chi connectivity index (χ4n) is 1.97. The van der Waals surface area contributed by atoms with Gasteiger partial charge in [-0.1, -0.05) is 6.07 Å². The van der Waals surface area contributed by atoms with Gasteiger partial charge < -0.3 is 9.88 Å². The highest BCUT2D eigenvalue weighted by Crippen LogP contribution is 2.15. The average Bonchev–Trinajstić information content (AvgIpc) is 2.42. The number of hydrogen-bond donors (Lipinski definition) is 1. The number of nitrogens with zero attached hydrogens (tertiary/aromatic N) is 2. The molecule has 1 N–H and O–H groups in total. The molecule has 0 radical (unpaired) electrons. The summed E-state index contributed by atoms with van der Waals surface area (Å²) in [7, 11) is 2.99. The molecule has 5 nitrogen and oxygen atoms in total. The van der Waals surface area contributed by atoms with Crippen LogP contribution in [0.3, 0.4) is 0 Å². The van der Waals surface area contributed by atoms with Gasteiger partial charge in [-0.2, -0.15) is 0 Å². The van der Waals surface area contributed by atoms with E-state index in [1.807, 2.05) is 6.92 Å². The summed E-state index contributed by atoms with van der Waals surface area (Å²) in [6.45, 7) is 2.01. The Kier molecular flexibility index (Phi) is 3.74. The van der Waals surface area contributed by atoms with Crippen LogP contribution < -0.4 is 16.6 Å². The van der Waals surface area contributed by atoms with Crippen molar-refractivity contribution in [1.29, 1.82) is 0 Å². The maximum atomic E-state index is 13.6. The van der Waals surface area contributed by atoms with Crippen molar-refractivity contribution in [2.75, 3.05) is 5.32 Å². The molecule has 0 amide bonds. The minimum Gasteiger partial charge on any atom is -0.378 e. The van der Waals surface area contributed by atoms with E-state index in [-0.39, 0.29) is 23.6 Å². The summed E-state index contributed by atoms with van der Waals surface area (Å²) >= 11 is 0. The van der Waals surface area contributed by atoms with Crippen LogP contribution in [0, 0.1) is 12.7 Å². The van der Waals surface area contributed by atoms with E-state index in [9.17, 15) is 14.0 Å². The summed E-state index contributed by atoms with van der Waals surface area (Å²) in [5, 5.41) is 2.88. The molecule has 0 spiro atoms. The molecule has 0 unspecified atom stereocenters. The summed E-state index contributed by atoms with van der Waals surface area (Å²) in [5.41, 5.74) is 0.882. The van der Waals surface area contributed by atoms with Gasteiger partial charge in [0.2, 0.25) is 0 Å². The van der Waals surface area contributed by atoms with Crippen molar-refractivity contribution in [2.24, 2.45) is 14.1 Å². The zero-order valence-electron chi connectivity index (χ0n) is 11.6. The first-order valence-electron chi connectivity index (χ1n) is 6.15. The lowest BCUT2D eigenvalue weighted by molar-refractivity contribution is 0.628. The van der Waals surface area contributed by atoms with Crippen LogP contribution in [0.2, 0.25) is 0 Å². The van der Waals surface area contributed by atoms with Crippen molar-refractivity contribution in [3.05, 3.63) is 62.2 Å². The minimum atomic E-state index is -0.388. The lowest BCUT2D eigenvalue weighted by atomic mass is 10.2. The molecule has 0 atom stereocenters. The molecular formula is C14H16FN3O2. The van der Waals surface area contributed by atoms with Gasteiger partial charge in [0.1, 0.15) is 5.82 Å². The molecule has 0 saturated carbocycles. The van der Waals surface area contributed by atoms with Crippen molar-refractivity contribution in [1.82, 2.24) is 9.13 Å². The van der Waals surface area contributed by atoms with Crippen molar-refractivity contribution < 1.29 is 4.39 Å². The zero-order chi connectivity index (χ0) is 14.9. The predicted molar refractivity (Wildman–Crippen MR) is 75.4 cm³/mol. The molecule has 0 saturated heterocycles. The quantitative estimate of drug-likeness (QED) is 0.915. The van der Waals surface area contributed by atoms with Crippen molar-refractivity contribution >= 4 is 5.69 Å². The van der Waals surface area contributed by atoms with Crippen molar-refractivity contribution in [3.8, 4) is 0 Å². The number of benzene rings is 1. The molecule has 106 valence electrons. The average molecular weight is 277 g/mol. The van der Waals surface area contributed by atoms with E-state index in [0.717, 1.165) is 10.1 Å². The van der Waals surface area contributed by atoms with E-state index in [2.05, 4.69) is 5.32 Å². The summed E-state index contributed by atoms with van der Waals surface area (Å²) < 4.78 is 16.0. The molecule has 0 aliphatic carbocycles. The molecule has 1 heterocycles. The number of hydrogen-bond acceptors (Lipinski definition) is 3. The first kappa shape index (κ1) is 14.0. The van der Waals surface area contributed by atoms with Crippen LogP contribution in [0.25, 0.3) is 0 Å². The lowest BCUT2D eigenvalue weighted by Crippen LogP contribution is -2.38. The molecule has 20 heavy (non-hydrogen) atoms. The van der Waals surface area contributed by atoms with E-state index in [1.165, 1.54) is 23.9 Å². The van der Waals surface area contributed by atoms with Crippen LogP contribution in [0.5, 0.6) is 0 Å². The highest BCUT2D eigenvalue weighted by molar-refractivity contribution is 5.47. The largest absolute Gasteiger partial charge is 0.378 e. The summed E-state index contributed by atoms with van der Waals surface area (Å²) in [6, 6.07) is 4.71. The Morgan fingerprint density at radius 3 is 2.65 bits per heavy atom. The van der Waals surface area contributed by atoms with Crippen LogP contribution in [0.1, 0.15) is 11.1 Å². The molecule has 0 bridgehead atoms. The molecule has 6 heteroatoms.